The number of anilines is 1. The highest BCUT2D eigenvalue weighted by Gasteiger charge is 2.22. The molecule has 2 aliphatic carbocycles. The summed E-state index contributed by atoms with van der Waals surface area (Å²) in [5.74, 6) is 0.568. The average Bonchev–Trinajstić information content (AvgIpc) is 3.36. The molecule has 1 aromatic carbocycles. The molecule has 0 saturated heterocycles. The Kier molecular flexibility index (Phi) is 7.33. The lowest BCUT2D eigenvalue weighted by molar-refractivity contribution is -0.121. The lowest BCUT2D eigenvalue weighted by Crippen LogP contribution is -2.26. The second-order valence-electron chi connectivity index (χ2n) is 6.49. The van der Waals surface area contributed by atoms with Crippen molar-refractivity contribution in [3.8, 4) is 0 Å². The van der Waals surface area contributed by atoms with Gasteiger partial charge in [-0.25, -0.2) is 0 Å². The number of nitrogens with one attached hydrogen (secondary N) is 2. The summed E-state index contributed by atoms with van der Waals surface area (Å²) < 4.78 is 0. The molecule has 0 aliphatic heterocycles. The number of amides is 1. The molecule has 0 bridgehead atoms. The highest BCUT2D eigenvalue weighted by atomic mass is 127. The Balaban J connectivity index is 0.00000208. The van der Waals surface area contributed by atoms with E-state index in [-0.39, 0.29) is 29.9 Å². The quantitative estimate of drug-likeness (QED) is 0.274. The Morgan fingerprint density at radius 1 is 1.25 bits per heavy atom. The van der Waals surface area contributed by atoms with Crippen LogP contribution in [0.4, 0.5) is 5.69 Å². The van der Waals surface area contributed by atoms with Crippen molar-refractivity contribution >= 4 is 41.5 Å². The summed E-state index contributed by atoms with van der Waals surface area (Å²) in [6.45, 7) is 0.575. The van der Waals surface area contributed by atoms with E-state index in [9.17, 15) is 4.79 Å². The highest BCUT2D eigenvalue weighted by molar-refractivity contribution is 14.0. The number of carbonyl (C=O) groups excluding carboxylic acids is 1. The van der Waals surface area contributed by atoms with Crippen molar-refractivity contribution in [2.24, 2.45) is 10.7 Å². The minimum absolute atomic E-state index is 0. The van der Waals surface area contributed by atoms with Crippen LogP contribution in [-0.2, 0) is 17.6 Å². The Hall–Kier alpha value is -1.31. The van der Waals surface area contributed by atoms with Gasteiger partial charge in [0.1, 0.15) is 0 Å². The summed E-state index contributed by atoms with van der Waals surface area (Å²) in [6, 6.07) is 6.77. The van der Waals surface area contributed by atoms with Crippen LogP contribution in [0.15, 0.2) is 23.2 Å². The third-order valence-electron chi connectivity index (χ3n) is 4.45. The van der Waals surface area contributed by atoms with E-state index in [0.717, 1.165) is 37.8 Å². The number of aryl methyl sites for hydroxylation is 1. The van der Waals surface area contributed by atoms with Crippen molar-refractivity contribution in [1.82, 2.24) is 5.32 Å². The van der Waals surface area contributed by atoms with Crippen LogP contribution >= 0.6 is 24.0 Å². The number of benzene rings is 1. The van der Waals surface area contributed by atoms with Gasteiger partial charge in [-0.1, -0.05) is 12.1 Å². The van der Waals surface area contributed by atoms with Crippen LogP contribution in [0.5, 0.6) is 0 Å². The monoisotopic (exact) mass is 442 g/mol. The fourth-order valence-electron chi connectivity index (χ4n) is 3.04. The van der Waals surface area contributed by atoms with E-state index in [1.54, 1.807) is 0 Å². The second-order valence-corrected chi connectivity index (χ2v) is 6.49. The van der Waals surface area contributed by atoms with Crippen molar-refractivity contribution in [3.63, 3.8) is 0 Å². The fourth-order valence-corrected chi connectivity index (χ4v) is 3.04. The lowest BCUT2D eigenvalue weighted by atomic mass is 9.90. The number of hydrogen-bond donors (Lipinski definition) is 3. The molecule has 5 nitrogen and oxygen atoms in total. The van der Waals surface area contributed by atoms with Gasteiger partial charge >= 0.3 is 0 Å². The van der Waals surface area contributed by atoms with E-state index >= 15 is 0 Å². The van der Waals surface area contributed by atoms with Crippen LogP contribution in [0.1, 0.15) is 49.7 Å². The zero-order valence-electron chi connectivity index (χ0n) is 14.0. The molecule has 1 fully saturated rings. The van der Waals surface area contributed by atoms with E-state index in [0.29, 0.717) is 25.0 Å². The number of halogens is 1. The minimum Gasteiger partial charge on any atom is -0.370 e. The zero-order valence-corrected chi connectivity index (χ0v) is 16.3. The summed E-state index contributed by atoms with van der Waals surface area (Å²) in [4.78, 5) is 15.9. The van der Waals surface area contributed by atoms with Gasteiger partial charge in [0, 0.05) is 24.7 Å². The van der Waals surface area contributed by atoms with Crippen molar-refractivity contribution in [1.29, 1.82) is 0 Å². The topological polar surface area (TPSA) is 79.5 Å². The number of rotatable bonds is 6. The largest absolute Gasteiger partial charge is 0.370 e. The van der Waals surface area contributed by atoms with Crippen LogP contribution in [0.2, 0.25) is 0 Å². The maximum atomic E-state index is 11.6. The van der Waals surface area contributed by atoms with Gasteiger partial charge < -0.3 is 16.4 Å². The molecular weight excluding hydrogens is 415 g/mol. The number of guanidine groups is 1. The fraction of sp³-hybridized carbons (Fsp3) is 0.556. The number of hydrogen-bond acceptors (Lipinski definition) is 2. The van der Waals surface area contributed by atoms with Gasteiger partial charge in [-0.15, -0.1) is 24.0 Å². The first-order valence-corrected chi connectivity index (χ1v) is 8.69. The first kappa shape index (κ1) is 19.0. The molecule has 132 valence electrons. The van der Waals surface area contributed by atoms with Crippen LogP contribution in [0.3, 0.4) is 0 Å². The summed E-state index contributed by atoms with van der Waals surface area (Å²) in [6.07, 6.45) is 8.26. The van der Waals surface area contributed by atoms with E-state index in [1.165, 1.54) is 24.0 Å². The highest BCUT2D eigenvalue weighted by Crippen LogP contribution is 2.27. The lowest BCUT2D eigenvalue weighted by Gasteiger charge is -2.19. The summed E-state index contributed by atoms with van der Waals surface area (Å²) in [7, 11) is 0. The van der Waals surface area contributed by atoms with Crippen molar-refractivity contribution in [2.45, 2.75) is 57.4 Å². The zero-order chi connectivity index (χ0) is 16.1. The number of fused-ring (bicyclic) bond motifs is 1. The van der Waals surface area contributed by atoms with Gasteiger partial charge in [-0.05, 0) is 62.1 Å². The molecule has 0 spiro atoms. The standard InChI is InChI=1S/C18H26N4O.HI/c19-18(20-12-4-9-17(23)21-14-10-11-14)22-16-8-3-6-13-5-1-2-7-15(13)16;/h3,6,8,14H,1-2,4-5,7,9-12H2,(H,21,23)(H3,19,20,22);1H. The average molecular weight is 442 g/mol. The molecule has 0 aromatic heterocycles. The van der Waals surface area contributed by atoms with E-state index < -0.39 is 0 Å². The molecule has 24 heavy (non-hydrogen) atoms. The normalized spacial score (nSPS) is 16.8. The van der Waals surface area contributed by atoms with E-state index in [4.69, 9.17) is 5.73 Å². The predicted octanol–water partition coefficient (Wildman–Crippen LogP) is 2.97. The van der Waals surface area contributed by atoms with Gasteiger partial charge in [0.25, 0.3) is 0 Å². The van der Waals surface area contributed by atoms with Crippen LogP contribution in [0, 0.1) is 0 Å². The van der Waals surface area contributed by atoms with Gasteiger partial charge in [-0.3, -0.25) is 9.79 Å². The molecule has 0 atom stereocenters. The molecule has 1 aromatic rings. The number of aliphatic imine (C=N–C) groups is 1. The van der Waals surface area contributed by atoms with Gasteiger partial charge in [0.05, 0.1) is 0 Å². The SMILES string of the molecule is I.NC(=NCCCC(=O)NC1CC1)Nc1cccc2c1CCCC2. The minimum atomic E-state index is 0. The van der Waals surface area contributed by atoms with Gasteiger partial charge in [-0.2, -0.15) is 0 Å². The Bertz CT molecular complexity index is 599. The summed E-state index contributed by atoms with van der Waals surface area (Å²) in [5.41, 5.74) is 9.86. The molecule has 2 aliphatic rings. The smallest absolute Gasteiger partial charge is 0.220 e. The van der Waals surface area contributed by atoms with Crippen molar-refractivity contribution in [3.05, 3.63) is 29.3 Å². The van der Waals surface area contributed by atoms with Crippen LogP contribution in [-0.4, -0.2) is 24.5 Å². The second kappa shape index (κ2) is 9.25. The Labute approximate surface area is 160 Å². The molecule has 0 radical (unpaired) electrons. The summed E-state index contributed by atoms with van der Waals surface area (Å²) >= 11 is 0. The molecule has 3 rings (SSSR count). The molecule has 1 amide bonds. The first-order chi connectivity index (χ1) is 11.2. The summed E-state index contributed by atoms with van der Waals surface area (Å²) in [5, 5.41) is 6.21. The first-order valence-electron chi connectivity index (χ1n) is 8.69. The van der Waals surface area contributed by atoms with E-state index in [1.807, 2.05) is 0 Å². The third kappa shape index (κ3) is 5.65. The van der Waals surface area contributed by atoms with Crippen molar-refractivity contribution in [2.75, 3.05) is 11.9 Å². The maximum absolute atomic E-state index is 11.6. The molecule has 0 unspecified atom stereocenters. The molecular formula is C18H27IN4O. The third-order valence-corrected chi connectivity index (χ3v) is 4.45. The maximum Gasteiger partial charge on any atom is 0.220 e. The van der Waals surface area contributed by atoms with Crippen LogP contribution in [0.25, 0.3) is 0 Å². The number of carbonyl (C=O) groups is 1. The van der Waals surface area contributed by atoms with Gasteiger partial charge in [0.2, 0.25) is 5.91 Å². The van der Waals surface area contributed by atoms with Crippen molar-refractivity contribution < 1.29 is 4.79 Å². The molecule has 0 heterocycles. The molecule has 6 heteroatoms. The molecule has 4 N–H and O–H groups in total. The van der Waals surface area contributed by atoms with Crippen LogP contribution < -0.4 is 16.4 Å². The molecule has 1 saturated carbocycles. The number of nitrogens with two attached hydrogens (primary N) is 1. The number of nitrogens with zero attached hydrogens (tertiary/aromatic N) is 1. The predicted molar refractivity (Wildman–Crippen MR) is 109 cm³/mol. The van der Waals surface area contributed by atoms with E-state index in [2.05, 4.69) is 33.8 Å². The Morgan fingerprint density at radius 2 is 2.04 bits per heavy atom. The van der Waals surface area contributed by atoms with Gasteiger partial charge in [0.15, 0.2) is 5.96 Å². The Morgan fingerprint density at radius 3 is 2.83 bits per heavy atom.